The van der Waals surface area contributed by atoms with Gasteiger partial charge in [0.15, 0.2) is 5.82 Å². The lowest BCUT2D eigenvalue weighted by Crippen LogP contribution is -2.58. The van der Waals surface area contributed by atoms with Gasteiger partial charge in [-0.05, 0) is 18.9 Å². The molecule has 0 saturated carbocycles. The molecule has 0 unspecified atom stereocenters. The van der Waals surface area contributed by atoms with Crippen molar-refractivity contribution in [3.63, 3.8) is 0 Å². The zero-order valence-electron chi connectivity index (χ0n) is 14.4. The van der Waals surface area contributed by atoms with Gasteiger partial charge in [-0.2, -0.15) is 0 Å². The highest BCUT2D eigenvalue weighted by molar-refractivity contribution is 6.37. The summed E-state index contributed by atoms with van der Waals surface area (Å²) in [5.41, 5.74) is 22.6. The molecule has 2 aromatic rings. The average molecular weight is 390 g/mol. The molecule has 1 aliphatic rings. The smallest absolute Gasteiger partial charge is 0.237 e. The van der Waals surface area contributed by atoms with Gasteiger partial charge in [0.2, 0.25) is 5.91 Å². The number of anilines is 3. The minimum Gasteiger partial charge on any atom is -0.382 e. The quantitative estimate of drug-likeness (QED) is 0.447. The number of halogens is 1. The van der Waals surface area contributed by atoms with Gasteiger partial charge >= 0.3 is 0 Å². The summed E-state index contributed by atoms with van der Waals surface area (Å²) in [7, 11) is 0. The van der Waals surface area contributed by atoms with Crippen molar-refractivity contribution in [2.45, 2.75) is 18.4 Å². The van der Waals surface area contributed by atoms with Crippen molar-refractivity contribution in [1.82, 2.24) is 15.0 Å². The fraction of sp³-hybridized carbons (Fsp3) is 0.312. The molecule has 0 bridgehead atoms. The molecule has 3 heterocycles. The Labute approximate surface area is 160 Å². The molecule has 142 valence electrons. The fourth-order valence-corrected chi connectivity index (χ4v) is 3.11. The first-order valence-electron chi connectivity index (χ1n) is 8.18. The van der Waals surface area contributed by atoms with Crippen LogP contribution in [0.2, 0.25) is 5.02 Å². The lowest BCUT2D eigenvalue weighted by Gasteiger charge is -2.37. The van der Waals surface area contributed by atoms with Crippen LogP contribution in [0.5, 0.6) is 0 Å². The van der Waals surface area contributed by atoms with E-state index < -0.39 is 11.4 Å². The number of amides is 1. The van der Waals surface area contributed by atoms with Crippen LogP contribution in [0.3, 0.4) is 0 Å². The predicted octanol–water partition coefficient (Wildman–Crippen LogP) is -0.111. The number of hydrogen-bond acceptors (Lipinski definition) is 9. The van der Waals surface area contributed by atoms with Crippen molar-refractivity contribution < 1.29 is 4.79 Å². The second-order valence-electron chi connectivity index (χ2n) is 6.40. The largest absolute Gasteiger partial charge is 0.382 e. The monoisotopic (exact) mass is 389 g/mol. The molecule has 27 heavy (non-hydrogen) atoms. The SMILES string of the molecule is N=C(c1ccnc(N)c1Cl)c1ncc(N2CCC(N)(C(N)=O)CC2)nc1N. The average Bonchev–Trinajstić information content (AvgIpc) is 2.64. The normalized spacial score (nSPS) is 16.1. The van der Waals surface area contributed by atoms with E-state index in [9.17, 15) is 4.79 Å². The Kier molecular flexibility index (Phi) is 4.85. The molecule has 1 fully saturated rings. The summed E-state index contributed by atoms with van der Waals surface area (Å²) in [6, 6.07) is 1.56. The summed E-state index contributed by atoms with van der Waals surface area (Å²) in [5, 5.41) is 8.49. The maximum Gasteiger partial charge on any atom is 0.237 e. The fourth-order valence-electron chi connectivity index (χ4n) is 2.90. The molecule has 0 atom stereocenters. The Balaban J connectivity index is 1.82. The Morgan fingerprint density at radius 1 is 1.22 bits per heavy atom. The van der Waals surface area contributed by atoms with E-state index in [0.717, 1.165) is 0 Å². The van der Waals surface area contributed by atoms with Gasteiger partial charge < -0.3 is 27.8 Å². The molecule has 0 aromatic carbocycles. The van der Waals surface area contributed by atoms with Crippen LogP contribution in [0.25, 0.3) is 0 Å². The van der Waals surface area contributed by atoms with Crippen molar-refractivity contribution in [3.8, 4) is 0 Å². The number of hydrogen-bond donors (Lipinski definition) is 5. The van der Waals surface area contributed by atoms with Crippen LogP contribution in [0.1, 0.15) is 24.1 Å². The minimum absolute atomic E-state index is 0.000928. The van der Waals surface area contributed by atoms with Crippen LogP contribution >= 0.6 is 11.6 Å². The molecule has 3 rings (SSSR count). The second kappa shape index (κ2) is 6.97. The number of primary amides is 1. The molecular formula is C16H20ClN9O. The Morgan fingerprint density at radius 2 is 1.89 bits per heavy atom. The van der Waals surface area contributed by atoms with Crippen molar-refractivity contribution in [2.75, 3.05) is 29.5 Å². The van der Waals surface area contributed by atoms with E-state index >= 15 is 0 Å². The second-order valence-corrected chi connectivity index (χ2v) is 6.78. The summed E-state index contributed by atoms with van der Waals surface area (Å²) in [6.45, 7) is 0.994. The van der Waals surface area contributed by atoms with Gasteiger partial charge in [-0.3, -0.25) is 10.2 Å². The van der Waals surface area contributed by atoms with Gasteiger partial charge in [0.05, 0.1) is 22.5 Å². The summed E-state index contributed by atoms with van der Waals surface area (Å²) < 4.78 is 0. The third-order valence-corrected chi connectivity index (χ3v) is 5.08. The van der Waals surface area contributed by atoms with E-state index in [2.05, 4.69) is 15.0 Å². The van der Waals surface area contributed by atoms with Crippen molar-refractivity contribution in [1.29, 1.82) is 5.41 Å². The highest BCUT2D eigenvalue weighted by Crippen LogP contribution is 2.27. The van der Waals surface area contributed by atoms with Crippen molar-refractivity contribution >= 4 is 40.7 Å². The number of carbonyl (C=O) groups excluding carboxylic acids is 1. The molecule has 9 N–H and O–H groups in total. The van der Waals surface area contributed by atoms with Gasteiger partial charge in [-0.1, -0.05) is 11.6 Å². The number of nitrogens with zero attached hydrogens (tertiary/aromatic N) is 4. The summed E-state index contributed by atoms with van der Waals surface area (Å²) >= 11 is 6.12. The van der Waals surface area contributed by atoms with E-state index in [1.54, 1.807) is 6.07 Å². The number of nitrogens with one attached hydrogen (secondary N) is 1. The molecule has 0 radical (unpaired) electrons. The standard InChI is InChI=1S/C16H20ClN9O/c17-10-8(1-4-23-13(10)19)11(18)12-14(20)25-9(7-24-12)26-5-2-16(22,3-6-26)15(21)27/h1,4,7,18H,2-3,5-6,22H2,(H2,19,23)(H2,20,25)(H2,21,27). The minimum atomic E-state index is -1.00. The van der Waals surface area contributed by atoms with Crippen LogP contribution in [-0.4, -0.2) is 45.2 Å². The van der Waals surface area contributed by atoms with Crippen LogP contribution in [0, 0.1) is 5.41 Å². The predicted molar refractivity (Wildman–Crippen MR) is 104 cm³/mol. The van der Waals surface area contributed by atoms with Gasteiger partial charge in [-0.25, -0.2) is 15.0 Å². The molecule has 1 amide bonds. The van der Waals surface area contributed by atoms with Crippen LogP contribution in [-0.2, 0) is 4.79 Å². The summed E-state index contributed by atoms with van der Waals surface area (Å²) in [4.78, 5) is 25.9. The summed E-state index contributed by atoms with van der Waals surface area (Å²) in [5.74, 6) is 0.236. The number of nitrogens with two attached hydrogens (primary N) is 4. The zero-order chi connectivity index (χ0) is 19.8. The number of piperidine rings is 1. The van der Waals surface area contributed by atoms with E-state index in [0.29, 0.717) is 37.3 Å². The Hall–Kier alpha value is -2.98. The molecule has 1 saturated heterocycles. The van der Waals surface area contributed by atoms with E-state index in [1.807, 2.05) is 4.90 Å². The molecule has 0 spiro atoms. The third-order valence-electron chi connectivity index (χ3n) is 4.68. The molecule has 10 nitrogen and oxygen atoms in total. The molecular weight excluding hydrogens is 370 g/mol. The van der Waals surface area contributed by atoms with Gasteiger partial charge in [0.1, 0.15) is 17.3 Å². The number of nitrogen functional groups attached to an aromatic ring is 2. The lowest BCUT2D eigenvalue weighted by molar-refractivity contribution is -0.123. The van der Waals surface area contributed by atoms with E-state index in [-0.39, 0.29) is 28.1 Å². The van der Waals surface area contributed by atoms with Gasteiger partial charge in [0, 0.05) is 24.8 Å². The van der Waals surface area contributed by atoms with Crippen LogP contribution in [0.15, 0.2) is 18.5 Å². The van der Waals surface area contributed by atoms with Crippen LogP contribution < -0.4 is 27.8 Å². The van der Waals surface area contributed by atoms with Crippen molar-refractivity contribution in [2.24, 2.45) is 11.5 Å². The Bertz CT molecular complexity index is 909. The van der Waals surface area contributed by atoms with Crippen LogP contribution in [0.4, 0.5) is 17.5 Å². The van der Waals surface area contributed by atoms with E-state index in [4.69, 9.17) is 39.9 Å². The number of pyridine rings is 1. The number of aromatic nitrogens is 3. The highest BCUT2D eigenvalue weighted by Gasteiger charge is 2.36. The summed E-state index contributed by atoms with van der Waals surface area (Å²) in [6.07, 6.45) is 3.79. The van der Waals surface area contributed by atoms with Gasteiger partial charge in [-0.15, -0.1) is 0 Å². The van der Waals surface area contributed by atoms with Gasteiger partial charge in [0.25, 0.3) is 0 Å². The topological polar surface area (TPSA) is 187 Å². The molecule has 11 heteroatoms. The maximum atomic E-state index is 11.5. The maximum absolute atomic E-state index is 11.5. The molecule has 0 aliphatic carbocycles. The first-order valence-corrected chi connectivity index (χ1v) is 8.56. The van der Waals surface area contributed by atoms with Crippen molar-refractivity contribution in [3.05, 3.63) is 34.7 Å². The lowest BCUT2D eigenvalue weighted by atomic mass is 9.88. The highest BCUT2D eigenvalue weighted by atomic mass is 35.5. The zero-order valence-corrected chi connectivity index (χ0v) is 15.2. The Morgan fingerprint density at radius 3 is 2.48 bits per heavy atom. The van der Waals surface area contributed by atoms with E-state index in [1.165, 1.54) is 12.4 Å². The number of rotatable bonds is 4. The third kappa shape index (κ3) is 3.49. The number of carbonyl (C=O) groups is 1. The first-order chi connectivity index (χ1) is 12.7. The molecule has 1 aliphatic heterocycles. The first kappa shape index (κ1) is 18.8. The molecule has 2 aromatic heterocycles.